The third-order valence-electron chi connectivity index (χ3n) is 2.06. The van der Waals surface area contributed by atoms with Crippen molar-refractivity contribution in [3.8, 4) is 0 Å². The van der Waals surface area contributed by atoms with Gasteiger partial charge < -0.3 is 4.90 Å². The second-order valence-electron chi connectivity index (χ2n) is 3.18. The minimum absolute atomic E-state index is 0. The molecule has 1 atom stereocenters. The number of hydrogen-bond donors (Lipinski definition) is 0. The van der Waals surface area contributed by atoms with Crippen LogP contribution in [-0.4, -0.2) is 23.9 Å². The predicted octanol–water partition coefficient (Wildman–Crippen LogP) is 1.07. The summed E-state index contributed by atoms with van der Waals surface area (Å²) >= 11 is 0. The number of likely N-dealkylation sites (tertiary alicyclic amines) is 1. The van der Waals surface area contributed by atoms with Crippen LogP contribution in [0.5, 0.6) is 0 Å². The summed E-state index contributed by atoms with van der Waals surface area (Å²) in [5.74, 6) is 0.801. The first-order valence-corrected chi connectivity index (χ1v) is 3.72. The first-order valence-electron chi connectivity index (χ1n) is 3.72. The minimum Gasteiger partial charge on any atom is -0.375 e. The van der Waals surface area contributed by atoms with Gasteiger partial charge in [-0.25, -0.2) is 0 Å². The summed E-state index contributed by atoms with van der Waals surface area (Å²) in [6.07, 6.45) is 2.71. The van der Waals surface area contributed by atoms with E-state index in [1.54, 1.807) is 0 Å². The number of carbonyl (C=O) groups excluding carboxylic acids is 1. The Morgan fingerprint density at radius 2 is 2.18 bits per heavy atom. The summed E-state index contributed by atoms with van der Waals surface area (Å²) in [6.45, 7) is 4.27. The molecule has 1 amide bonds. The summed E-state index contributed by atoms with van der Waals surface area (Å²) in [4.78, 5) is 12.8. The Hall–Kier alpha value is 0.574. The number of rotatable bonds is 1. The standard InChI is InChI=1S/C8H14NO.Y/c1-6(2)7-4-5-8(10)9(7)3;/h4,6-7H,5H2,1-3H3;/q-1;/t7-;/m1./s1. The summed E-state index contributed by atoms with van der Waals surface area (Å²) in [5.41, 5.74) is 0. The van der Waals surface area contributed by atoms with Gasteiger partial charge >= 0.3 is 0 Å². The first kappa shape index (κ1) is 11.6. The average Bonchev–Trinajstić information content (AvgIpc) is 2.14. The van der Waals surface area contributed by atoms with E-state index in [1.165, 1.54) is 0 Å². The van der Waals surface area contributed by atoms with Crippen molar-refractivity contribution in [3.05, 3.63) is 6.42 Å². The molecular formula is C8H14NOY-. The molecule has 0 aromatic rings. The fourth-order valence-corrected chi connectivity index (χ4v) is 1.41. The summed E-state index contributed by atoms with van der Waals surface area (Å²) < 4.78 is 0. The van der Waals surface area contributed by atoms with Crippen LogP contribution in [0.1, 0.15) is 20.3 Å². The zero-order valence-corrected chi connectivity index (χ0v) is 10.2. The molecule has 0 saturated carbocycles. The molecular weight excluding hydrogens is 215 g/mol. The summed E-state index contributed by atoms with van der Waals surface area (Å²) in [7, 11) is 1.87. The molecule has 11 heavy (non-hydrogen) atoms. The van der Waals surface area contributed by atoms with Gasteiger partial charge in [0.05, 0.1) is 0 Å². The number of carbonyl (C=O) groups is 1. The van der Waals surface area contributed by atoms with Crippen LogP contribution in [0.15, 0.2) is 0 Å². The molecule has 3 heteroatoms. The van der Waals surface area contributed by atoms with Crippen molar-refractivity contribution in [1.29, 1.82) is 0 Å². The van der Waals surface area contributed by atoms with E-state index >= 15 is 0 Å². The van der Waals surface area contributed by atoms with Gasteiger partial charge in [0, 0.05) is 39.8 Å². The van der Waals surface area contributed by atoms with Crippen LogP contribution in [0.4, 0.5) is 0 Å². The normalized spacial score (nSPS) is 24.2. The van der Waals surface area contributed by atoms with E-state index < -0.39 is 0 Å². The zero-order valence-electron chi connectivity index (χ0n) is 7.37. The van der Waals surface area contributed by atoms with Crippen LogP contribution < -0.4 is 0 Å². The van der Waals surface area contributed by atoms with Crippen molar-refractivity contribution >= 4 is 5.91 Å². The van der Waals surface area contributed by atoms with Crippen molar-refractivity contribution in [3.63, 3.8) is 0 Å². The predicted molar refractivity (Wildman–Crippen MR) is 40.3 cm³/mol. The van der Waals surface area contributed by atoms with Gasteiger partial charge in [-0.15, -0.1) is 0 Å². The fourth-order valence-electron chi connectivity index (χ4n) is 1.41. The maximum absolute atomic E-state index is 11.0. The number of hydrogen-bond acceptors (Lipinski definition) is 1. The van der Waals surface area contributed by atoms with Crippen molar-refractivity contribution in [2.75, 3.05) is 7.05 Å². The second kappa shape index (κ2) is 4.56. The smallest absolute Gasteiger partial charge is 0.190 e. The van der Waals surface area contributed by atoms with Gasteiger partial charge in [-0.1, -0.05) is 32.2 Å². The van der Waals surface area contributed by atoms with Crippen LogP contribution >= 0.6 is 0 Å². The van der Waals surface area contributed by atoms with E-state index in [9.17, 15) is 4.79 Å². The van der Waals surface area contributed by atoms with Crippen LogP contribution in [0.2, 0.25) is 0 Å². The van der Waals surface area contributed by atoms with Gasteiger partial charge in [-0.2, -0.15) is 0 Å². The maximum Gasteiger partial charge on any atom is 0.190 e. The Morgan fingerprint density at radius 3 is 2.36 bits per heavy atom. The topological polar surface area (TPSA) is 20.3 Å². The molecule has 0 aromatic heterocycles. The van der Waals surface area contributed by atoms with Gasteiger partial charge in [-0.3, -0.25) is 11.2 Å². The minimum atomic E-state index is 0. The van der Waals surface area contributed by atoms with Gasteiger partial charge in [0.1, 0.15) is 0 Å². The van der Waals surface area contributed by atoms with Crippen LogP contribution in [0.3, 0.4) is 0 Å². The zero-order chi connectivity index (χ0) is 7.72. The van der Waals surface area contributed by atoms with Crippen LogP contribution in [0, 0.1) is 12.3 Å². The molecule has 1 radical (unpaired) electrons. The molecule has 2 nitrogen and oxygen atoms in total. The molecule has 0 unspecified atom stereocenters. The van der Waals surface area contributed by atoms with Gasteiger partial charge in [0.15, 0.2) is 5.91 Å². The molecule has 1 aliphatic heterocycles. The van der Waals surface area contributed by atoms with E-state index in [4.69, 9.17) is 0 Å². The third-order valence-corrected chi connectivity index (χ3v) is 2.06. The number of amides is 1. The first-order chi connectivity index (χ1) is 4.63. The Kier molecular flexibility index (Phi) is 4.80. The molecule has 0 aliphatic carbocycles. The third kappa shape index (κ3) is 2.52. The Labute approximate surface area is 93.6 Å². The molecule has 1 aliphatic rings. The van der Waals surface area contributed by atoms with Gasteiger partial charge in [0.2, 0.25) is 0 Å². The molecule has 0 aromatic carbocycles. The Balaban J connectivity index is 0.000001000. The van der Waals surface area contributed by atoms with E-state index in [0.717, 1.165) is 0 Å². The molecule has 0 N–H and O–H groups in total. The SMILES string of the molecule is CC(C)[C@H]1[CH-]CC(=O)N1C.[Y]. The van der Waals surface area contributed by atoms with E-state index in [1.807, 2.05) is 11.9 Å². The molecule has 1 rings (SSSR count). The molecule has 1 saturated heterocycles. The number of nitrogens with zero attached hydrogens (tertiary/aromatic N) is 1. The summed E-state index contributed by atoms with van der Waals surface area (Å²) in [5, 5.41) is 0. The molecule has 61 valence electrons. The van der Waals surface area contributed by atoms with Gasteiger partial charge in [-0.05, 0) is 0 Å². The molecule has 0 bridgehead atoms. The van der Waals surface area contributed by atoms with Crippen molar-refractivity contribution < 1.29 is 37.5 Å². The monoisotopic (exact) mass is 229 g/mol. The summed E-state index contributed by atoms with van der Waals surface area (Å²) in [6, 6.07) is 0.368. The molecule has 1 heterocycles. The van der Waals surface area contributed by atoms with Crippen molar-refractivity contribution in [2.45, 2.75) is 26.3 Å². The van der Waals surface area contributed by atoms with E-state index in [0.29, 0.717) is 18.4 Å². The quantitative estimate of drug-likeness (QED) is 0.616. The maximum atomic E-state index is 11.0. The van der Waals surface area contributed by atoms with Crippen LogP contribution in [-0.2, 0) is 37.5 Å². The largest absolute Gasteiger partial charge is 0.375 e. The van der Waals surface area contributed by atoms with Gasteiger partial charge in [0.25, 0.3) is 0 Å². The average molecular weight is 229 g/mol. The molecule has 0 spiro atoms. The Morgan fingerprint density at radius 1 is 1.64 bits per heavy atom. The van der Waals surface area contributed by atoms with Crippen LogP contribution in [0.25, 0.3) is 0 Å². The van der Waals surface area contributed by atoms with Crippen molar-refractivity contribution in [1.82, 2.24) is 4.90 Å². The fraction of sp³-hybridized carbons (Fsp3) is 0.750. The van der Waals surface area contributed by atoms with E-state index in [-0.39, 0.29) is 38.6 Å². The van der Waals surface area contributed by atoms with E-state index in [2.05, 4.69) is 20.3 Å². The van der Waals surface area contributed by atoms with Crippen molar-refractivity contribution in [2.24, 2.45) is 5.92 Å². The second-order valence-corrected chi connectivity index (χ2v) is 3.18. The Bertz CT molecular complexity index is 147. The molecule has 1 fully saturated rings.